The fourth-order valence-electron chi connectivity index (χ4n) is 4.31. The zero-order chi connectivity index (χ0) is 15.4. The molecule has 1 amide bonds. The molecular formula is C18H33N3O. The molecule has 0 aromatic heterocycles. The number of carbonyl (C=O) groups excluding carboxylic acids is 1. The number of likely N-dealkylation sites (tertiary alicyclic amines) is 2. The van der Waals surface area contributed by atoms with Crippen LogP contribution in [0.25, 0.3) is 0 Å². The Morgan fingerprint density at radius 2 is 1.86 bits per heavy atom. The highest BCUT2D eigenvalue weighted by molar-refractivity contribution is 5.82. The van der Waals surface area contributed by atoms with Gasteiger partial charge in [0.05, 0.1) is 6.04 Å². The molecule has 3 rings (SSSR count). The van der Waals surface area contributed by atoms with Gasteiger partial charge in [0.2, 0.25) is 5.91 Å². The fourth-order valence-corrected chi connectivity index (χ4v) is 4.31. The lowest BCUT2D eigenvalue weighted by Gasteiger charge is -2.39. The highest BCUT2D eigenvalue weighted by Gasteiger charge is 2.30. The molecule has 2 atom stereocenters. The van der Waals surface area contributed by atoms with Gasteiger partial charge in [-0.1, -0.05) is 13.3 Å². The van der Waals surface area contributed by atoms with Crippen LogP contribution in [-0.4, -0.2) is 61.0 Å². The first kappa shape index (κ1) is 16.3. The summed E-state index contributed by atoms with van der Waals surface area (Å²) in [6.07, 6.45) is 8.64. The molecule has 0 saturated carbocycles. The number of amides is 1. The highest BCUT2D eigenvalue weighted by Crippen LogP contribution is 2.23. The zero-order valence-corrected chi connectivity index (χ0v) is 14.2. The van der Waals surface area contributed by atoms with Crippen LogP contribution in [0, 0.1) is 11.8 Å². The van der Waals surface area contributed by atoms with Crippen LogP contribution in [0.15, 0.2) is 0 Å². The Morgan fingerprint density at radius 1 is 1.05 bits per heavy atom. The maximum atomic E-state index is 12.7. The van der Waals surface area contributed by atoms with E-state index in [0.29, 0.717) is 11.8 Å². The van der Waals surface area contributed by atoms with Crippen molar-refractivity contribution in [3.63, 3.8) is 0 Å². The largest absolute Gasteiger partial charge is 0.341 e. The van der Waals surface area contributed by atoms with Crippen LogP contribution in [0.2, 0.25) is 0 Å². The van der Waals surface area contributed by atoms with Crippen molar-refractivity contribution in [3.8, 4) is 0 Å². The van der Waals surface area contributed by atoms with E-state index in [0.717, 1.165) is 32.0 Å². The van der Waals surface area contributed by atoms with Crippen molar-refractivity contribution in [1.82, 2.24) is 15.1 Å². The van der Waals surface area contributed by atoms with Gasteiger partial charge in [-0.25, -0.2) is 0 Å². The van der Waals surface area contributed by atoms with Crippen molar-refractivity contribution in [2.24, 2.45) is 11.8 Å². The number of nitrogens with zero attached hydrogens (tertiary/aromatic N) is 2. The number of carbonyl (C=O) groups is 1. The van der Waals surface area contributed by atoms with Gasteiger partial charge < -0.3 is 15.1 Å². The normalized spacial score (nSPS) is 32.1. The maximum Gasteiger partial charge on any atom is 0.239 e. The Morgan fingerprint density at radius 3 is 2.59 bits per heavy atom. The van der Waals surface area contributed by atoms with Gasteiger partial charge in [-0.15, -0.1) is 0 Å². The first-order valence-corrected chi connectivity index (χ1v) is 9.47. The van der Waals surface area contributed by atoms with Gasteiger partial charge in [-0.3, -0.25) is 4.79 Å². The third kappa shape index (κ3) is 4.23. The standard InChI is InChI=1S/C18H33N3O/c1-15-7-11-20(12-8-15)13-16-5-4-10-21(14-16)18(22)17-6-2-3-9-19-17/h15-17,19H,2-14H2,1H3/t16?,17-/m1/s1. The third-order valence-electron chi connectivity index (χ3n) is 5.83. The summed E-state index contributed by atoms with van der Waals surface area (Å²) in [7, 11) is 0. The summed E-state index contributed by atoms with van der Waals surface area (Å²) in [4.78, 5) is 17.5. The Balaban J connectivity index is 1.47. The van der Waals surface area contributed by atoms with E-state index in [1.165, 1.54) is 58.2 Å². The number of nitrogens with one attached hydrogen (secondary N) is 1. The number of piperidine rings is 3. The van der Waals surface area contributed by atoms with Crippen LogP contribution in [0.5, 0.6) is 0 Å². The molecule has 0 aliphatic carbocycles. The summed E-state index contributed by atoms with van der Waals surface area (Å²) in [6.45, 7) is 9.07. The lowest BCUT2D eigenvalue weighted by molar-refractivity contribution is -0.136. The Bertz CT molecular complexity index is 359. The van der Waals surface area contributed by atoms with Crippen molar-refractivity contribution < 1.29 is 4.79 Å². The van der Waals surface area contributed by atoms with Crippen molar-refractivity contribution in [1.29, 1.82) is 0 Å². The van der Waals surface area contributed by atoms with Crippen molar-refractivity contribution in [3.05, 3.63) is 0 Å². The number of hydrogen-bond acceptors (Lipinski definition) is 3. The minimum Gasteiger partial charge on any atom is -0.341 e. The molecule has 3 fully saturated rings. The summed E-state index contributed by atoms with van der Waals surface area (Å²) in [5.74, 6) is 1.96. The average Bonchev–Trinajstić information content (AvgIpc) is 2.57. The van der Waals surface area contributed by atoms with Crippen LogP contribution in [0.3, 0.4) is 0 Å². The molecule has 0 aromatic carbocycles. The predicted molar refractivity (Wildman–Crippen MR) is 89.8 cm³/mol. The molecule has 3 aliphatic heterocycles. The van der Waals surface area contributed by atoms with Crippen molar-refractivity contribution in [2.45, 2.75) is 57.9 Å². The molecule has 1 N–H and O–H groups in total. The smallest absolute Gasteiger partial charge is 0.239 e. The van der Waals surface area contributed by atoms with E-state index >= 15 is 0 Å². The molecule has 1 unspecified atom stereocenters. The molecule has 0 radical (unpaired) electrons. The van der Waals surface area contributed by atoms with Gasteiger partial charge in [0.25, 0.3) is 0 Å². The quantitative estimate of drug-likeness (QED) is 0.867. The summed E-state index contributed by atoms with van der Waals surface area (Å²) in [5, 5.41) is 3.42. The summed E-state index contributed by atoms with van der Waals surface area (Å²) < 4.78 is 0. The highest BCUT2D eigenvalue weighted by atomic mass is 16.2. The van der Waals surface area contributed by atoms with E-state index in [4.69, 9.17) is 0 Å². The minimum absolute atomic E-state index is 0.100. The van der Waals surface area contributed by atoms with Crippen LogP contribution in [0.4, 0.5) is 0 Å². The topological polar surface area (TPSA) is 35.6 Å². The van der Waals surface area contributed by atoms with Gasteiger partial charge >= 0.3 is 0 Å². The van der Waals surface area contributed by atoms with Crippen LogP contribution >= 0.6 is 0 Å². The molecule has 4 nitrogen and oxygen atoms in total. The van der Waals surface area contributed by atoms with E-state index in [9.17, 15) is 4.79 Å². The lowest BCUT2D eigenvalue weighted by Crippen LogP contribution is -2.52. The fraction of sp³-hybridized carbons (Fsp3) is 0.944. The number of rotatable bonds is 3. The molecule has 22 heavy (non-hydrogen) atoms. The lowest BCUT2D eigenvalue weighted by atomic mass is 9.93. The Hall–Kier alpha value is -0.610. The van der Waals surface area contributed by atoms with E-state index in [-0.39, 0.29) is 6.04 Å². The van der Waals surface area contributed by atoms with Gasteiger partial charge in [-0.2, -0.15) is 0 Å². The van der Waals surface area contributed by atoms with Crippen molar-refractivity contribution >= 4 is 5.91 Å². The van der Waals surface area contributed by atoms with E-state index in [1.54, 1.807) is 0 Å². The Labute approximate surface area is 135 Å². The van der Waals surface area contributed by atoms with Gasteiger partial charge in [0.1, 0.15) is 0 Å². The molecular weight excluding hydrogens is 274 g/mol. The second-order valence-electron chi connectivity index (χ2n) is 7.78. The first-order chi connectivity index (χ1) is 10.7. The molecule has 3 aliphatic rings. The molecule has 0 bridgehead atoms. The Kier molecular flexibility index (Phi) is 5.75. The summed E-state index contributed by atoms with van der Waals surface area (Å²) >= 11 is 0. The second-order valence-corrected chi connectivity index (χ2v) is 7.78. The molecule has 0 aromatic rings. The second kappa shape index (κ2) is 7.78. The van der Waals surface area contributed by atoms with Crippen LogP contribution in [-0.2, 0) is 4.79 Å². The van der Waals surface area contributed by atoms with Crippen molar-refractivity contribution in [2.75, 3.05) is 39.3 Å². The predicted octanol–water partition coefficient (Wildman–Crippen LogP) is 2.10. The third-order valence-corrected chi connectivity index (χ3v) is 5.83. The molecule has 126 valence electrons. The van der Waals surface area contributed by atoms with E-state index in [2.05, 4.69) is 22.0 Å². The van der Waals surface area contributed by atoms with Crippen LogP contribution in [0.1, 0.15) is 51.9 Å². The molecule has 0 spiro atoms. The minimum atomic E-state index is 0.100. The van der Waals surface area contributed by atoms with Gasteiger partial charge in [0.15, 0.2) is 0 Å². The number of hydrogen-bond donors (Lipinski definition) is 1. The average molecular weight is 307 g/mol. The van der Waals surface area contributed by atoms with Gasteiger partial charge in [0, 0.05) is 19.6 Å². The summed E-state index contributed by atoms with van der Waals surface area (Å²) in [5.41, 5.74) is 0. The summed E-state index contributed by atoms with van der Waals surface area (Å²) in [6, 6.07) is 0.100. The van der Waals surface area contributed by atoms with Gasteiger partial charge in [-0.05, 0) is 70.0 Å². The van der Waals surface area contributed by atoms with E-state index < -0.39 is 0 Å². The molecule has 3 heterocycles. The SMILES string of the molecule is CC1CCN(CC2CCCN(C(=O)[C@H]3CCCCN3)C2)CC1. The van der Waals surface area contributed by atoms with Crippen LogP contribution < -0.4 is 5.32 Å². The monoisotopic (exact) mass is 307 g/mol. The van der Waals surface area contributed by atoms with E-state index in [1.807, 2.05) is 0 Å². The first-order valence-electron chi connectivity index (χ1n) is 9.47. The molecule has 3 saturated heterocycles. The zero-order valence-electron chi connectivity index (χ0n) is 14.2. The maximum absolute atomic E-state index is 12.7. The molecule has 4 heteroatoms.